The minimum atomic E-state index is -4.79. The van der Waals surface area contributed by atoms with Crippen molar-refractivity contribution in [1.29, 1.82) is 0 Å². The summed E-state index contributed by atoms with van der Waals surface area (Å²) >= 11 is 7.50. The van der Waals surface area contributed by atoms with Crippen molar-refractivity contribution in [3.63, 3.8) is 0 Å². The summed E-state index contributed by atoms with van der Waals surface area (Å²) < 4.78 is 67.8. The monoisotopic (exact) mass is 548 g/mol. The van der Waals surface area contributed by atoms with Crippen molar-refractivity contribution in [3.05, 3.63) is 58.6 Å². The van der Waals surface area contributed by atoms with Crippen LogP contribution in [0.3, 0.4) is 0 Å². The normalized spacial score (nSPS) is 15.1. The largest absolute Gasteiger partial charge is 0.417 e. The lowest BCUT2D eigenvalue weighted by atomic mass is 10.0. The van der Waals surface area contributed by atoms with E-state index in [2.05, 4.69) is 5.32 Å². The van der Waals surface area contributed by atoms with Crippen LogP contribution < -0.4 is 9.62 Å². The zero-order chi connectivity index (χ0) is 25.6. The third-order valence-corrected chi connectivity index (χ3v) is 9.27. The number of thioether (sulfide) groups is 1. The second-order valence-electron chi connectivity index (χ2n) is 8.47. The number of carbonyl (C=O) groups is 1. The molecule has 0 saturated heterocycles. The molecule has 0 radical (unpaired) electrons. The summed E-state index contributed by atoms with van der Waals surface area (Å²) in [6.07, 6.45) is 1.18. The Morgan fingerprint density at radius 2 is 1.77 bits per heavy atom. The average Bonchev–Trinajstić information content (AvgIpc) is 2.81. The molecule has 2 aromatic carbocycles. The Kier molecular flexibility index (Phi) is 9.40. The molecule has 1 aliphatic rings. The van der Waals surface area contributed by atoms with Crippen LogP contribution in [0.15, 0.2) is 47.4 Å². The van der Waals surface area contributed by atoms with Gasteiger partial charge < -0.3 is 5.32 Å². The number of alkyl halides is 3. The maximum absolute atomic E-state index is 13.4. The molecular formula is C24H28ClF3N2O3S2. The maximum Gasteiger partial charge on any atom is 0.417 e. The van der Waals surface area contributed by atoms with Crippen molar-refractivity contribution in [2.24, 2.45) is 0 Å². The molecule has 1 saturated carbocycles. The Morgan fingerprint density at radius 3 is 2.40 bits per heavy atom. The van der Waals surface area contributed by atoms with Crippen molar-refractivity contribution in [2.45, 2.75) is 55.3 Å². The number of anilines is 1. The molecule has 5 nitrogen and oxygen atoms in total. The van der Waals surface area contributed by atoms with Gasteiger partial charge in [-0.3, -0.25) is 9.10 Å². The molecule has 0 heterocycles. The molecule has 1 aliphatic carbocycles. The summed E-state index contributed by atoms with van der Waals surface area (Å²) in [7, 11) is -4.33. The number of halogens is 4. The molecule has 1 N–H and O–H groups in total. The highest BCUT2D eigenvalue weighted by molar-refractivity contribution is 7.99. The van der Waals surface area contributed by atoms with Gasteiger partial charge in [-0.25, -0.2) is 8.42 Å². The predicted octanol–water partition coefficient (Wildman–Crippen LogP) is 6.04. The van der Waals surface area contributed by atoms with Gasteiger partial charge in [-0.15, -0.1) is 0 Å². The van der Waals surface area contributed by atoms with E-state index in [0.29, 0.717) is 27.9 Å². The van der Waals surface area contributed by atoms with Gasteiger partial charge in [-0.05, 0) is 50.1 Å². The number of rotatable bonds is 9. The standard InChI is InChI=1S/C24H28ClF3N2O3S2/c1-17-7-10-20(11-8-17)35(32,33)30(18-9-12-22(25)21(15-18)24(26,27)28)16-23(31)29-13-14-34-19-5-3-2-4-6-19/h7-12,15,19H,2-6,13-14,16H2,1H3,(H,29,31). The molecule has 0 aliphatic heterocycles. The van der Waals surface area contributed by atoms with Crippen LogP contribution in [-0.4, -0.2) is 38.4 Å². The zero-order valence-corrected chi connectivity index (χ0v) is 21.7. The third kappa shape index (κ3) is 7.54. The lowest BCUT2D eigenvalue weighted by molar-refractivity contribution is -0.137. The Morgan fingerprint density at radius 1 is 1.11 bits per heavy atom. The van der Waals surface area contributed by atoms with Gasteiger partial charge in [0.25, 0.3) is 10.0 Å². The van der Waals surface area contributed by atoms with Crippen molar-refractivity contribution in [3.8, 4) is 0 Å². The smallest absolute Gasteiger partial charge is 0.354 e. The first-order valence-electron chi connectivity index (χ1n) is 11.3. The summed E-state index contributed by atoms with van der Waals surface area (Å²) in [6, 6.07) is 8.67. The maximum atomic E-state index is 13.4. The summed E-state index contributed by atoms with van der Waals surface area (Å²) in [5.41, 5.74) is -0.659. The quantitative estimate of drug-likeness (QED) is 0.388. The van der Waals surface area contributed by atoms with Crippen LogP contribution in [0.5, 0.6) is 0 Å². The van der Waals surface area contributed by atoms with Crippen LogP contribution in [0.2, 0.25) is 5.02 Å². The molecule has 11 heteroatoms. The van der Waals surface area contributed by atoms with Gasteiger partial charge in [-0.2, -0.15) is 24.9 Å². The van der Waals surface area contributed by atoms with E-state index < -0.39 is 39.2 Å². The lowest BCUT2D eigenvalue weighted by Gasteiger charge is -2.25. The highest BCUT2D eigenvalue weighted by Gasteiger charge is 2.35. The molecule has 2 aromatic rings. The van der Waals surface area contributed by atoms with Crippen LogP contribution in [-0.2, 0) is 21.0 Å². The van der Waals surface area contributed by atoms with Gasteiger partial charge in [0, 0.05) is 17.5 Å². The topological polar surface area (TPSA) is 66.5 Å². The second-order valence-corrected chi connectivity index (χ2v) is 12.1. The first-order valence-corrected chi connectivity index (χ1v) is 14.2. The molecule has 35 heavy (non-hydrogen) atoms. The predicted molar refractivity (Wildman–Crippen MR) is 135 cm³/mol. The molecule has 0 aromatic heterocycles. The van der Waals surface area contributed by atoms with E-state index in [-0.39, 0.29) is 10.6 Å². The van der Waals surface area contributed by atoms with Crippen LogP contribution >= 0.6 is 23.4 Å². The number of nitrogens with zero attached hydrogens (tertiary/aromatic N) is 1. The van der Waals surface area contributed by atoms with E-state index in [4.69, 9.17) is 11.6 Å². The molecule has 0 bridgehead atoms. The fourth-order valence-corrected chi connectivity index (χ4v) is 6.73. The van der Waals surface area contributed by atoms with E-state index in [9.17, 15) is 26.4 Å². The molecule has 0 unspecified atom stereocenters. The fraction of sp³-hybridized carbons (Fsp3) is 0.458. The Labute approximate surface area is 213 Å². The summed E-state index contributed by atoms with van der Waals surface area (Å²) in [5.74, 6) is 0.0775. The first-order chi connectivity index (χ1) is 16.5. The molecule has 1 fully saturated rings. The van der Waals surface area contributed by atoms with Gasteiger partial charge in [-0.1, -0.05) is 48.6 Å². The third-order valence-electron chi connectivity index (χ3n) is 5.77. The number of sulfonamides is 1. The highest BCUT2D eigenvalue weighted by Crippen LogP contribution is 2.38. The van der Waals surface area contributed by atoms with Gasteiger partial charge in [0.15, 0.2) is 0 Å². The summed E-state index contributed by atoms with van der Waals surface area (Å²) in [4.78, 5) is 12.6. The summed E-state index contributed by atoms with van der Waals surface area (Å²) in [6.45, 7) is 1.46. The molecule has 1 amide bonds. The SMILES string of the molecule is Cc1ccc(S(=O)(=O)N(CC(=O)NCCSC2CCCCC2)c2ccc(Cl)c(C(F)(F)F)c2)cc1. The number of hydrogen-bond donors (Lipinski definition) is 1. The molecular weight excluding hydrogens is 521 g/mol. The molecule has 0 spiro atoms. The van der Waals surface area contributed by atoms with Crippen molar-refractivity contribution >= 4 is 45.0 Å². The van der Waals surface area contributed by atoms with E-state index in [0.717, 1.165) is 30.5 Å². The van der Waals surface area contributed by atoms with E-state index in [1.807, 2.05) is 0 Å². The Hall–Kier alpha value is -1.91. The zero-order valence-electron chi connectivity index (χ0n) is 19.3. The second kappa shape index (κ2) is 11.9. The lowest BCUT2D eigenvalue weighted by Crippen LogP contribution is -2.41. The van der Waals surface area contributed by atoms with Crippen LogP contribution in [0.25, 0.3) is 0 Å². The Balaban J connectivity index is 1.80. The van der Waals surface area contributed by atoms with E-state index in [1.54, 1.807) is 30.8 Å². The minimum absolute atomic E-state index is 0.132. The number of aryl methyl sites for hydroxylation is 1. The number of benzene rings is 2. The number of carbonyl (C=O) groups excluding carboxylic acids is 1. The Bertz CT molecular complexity index is 1120. The number of nitrogens with one attached hydrogen (secondary N) is 1. The number of hydrogen-bond acceptors (Lipinski definition) is 4. The molecule has 3 rings (SSSR count). The average molecular weight is 549 g/mol. The van der Waals surface area contributed by atoms with Crippen molar-refractivity contribution < 1.29 is 26.4 Å². The van der Waals surface area contributed by atoms with Crippen LogP contribution in [0.4, 0.5) is 18.9 Å². The van der Waals surface area contributed by atoms with Gasteiger partial charge in [0.05, 0.1) is 21.2 Å². The molecule has 192 valence electrons. The summed E-state index contributed by atoms with van der Waals surface area (Å²) in [5, 5.41) is 2.70. The van der Waals surface area contributed by atoms with Crippen LogP contribution in [0, 0.1) is 6.92 Å². The van der Waals surface area contributed by atoms with Gasteiger partial charge in [0.1, 0.15) is 6.54 Å². The highest BCUT2D eigenvalue weighted by atomic mass is 35.5. The molecule has 0 atom stereocenters. The minimum Gasteiger partial charge on any atom is -0.354 e. The van der Waals surface area contributed by atoms with E-state index in [1.165, 1.54) is 31.4 Å². The number of amides is 1. The van der Waals surface area contributed by atoms with Crippen molar-refractivity contribution in [2.75, 3.05) is 23.1 Å². The van der Waals surface area contributed by atoms with Crippen LogP contribution in [0.1, 0.15) is 43.2 Å². The van der Waals surface area contributed by atoms with E-state index >= 15 is 0 Å². The first kappa shape index (κ1) is 27.7. The fourth-order valence-electron chi connectivity index (χ4n) is 3.87. The van der Waals surface area contributed by atoms with Crippen molar-refractivity contribution in [1.82, 2.24) is 5.32 Å². The van der Waals surface area contributed by atoms with Gasteiger partial charge >= 0.3 is 6.18 Å². The van der Waals surface area contributed by atoms with Gasteiger partial charge in [0.2, 0.25) is 5.91 Å².